The summed E-state index contributed by atoms with van der Waals surface area (Å²) in [6.07, 6.45) is 5.54. The number of aryl methyl sites for hydroxylation is 1. The van der Waals surface area contributed by atoms with E-state index >= 15 is 0 Å². The number of aromatic nitrogens is 2. The van der Waals surface area contributed by atoms with Crippen LogP contribution in [-0.4, -0.2) is 17.1 Å². The molecule has 0 atom stereocenters. The summed E-state index contributed by atoms with van der Waals surface area (Å²) in [6, 6.07) is 15.8. The van der Waals surface area contributed by atoms with Crippen LogP contribution in [0.1, 0.15) is 35.3 Å². The molecule has 26 heavy (non-hydrogen) atoms. The van der Waals surface area contributed by atoms with E-state index in [1.165, 1.54) is 5.56 Å². The van der Waals surface area contributed by atoms with Crippen LogP contribution in [0.2, 0.25) is 0 Å². The van der Waals surface area contributed by atoms with Crippen molar-refractivity contribution >= 4 is 5.97 Å². The maximum atomic E-state index is 12.3. The van der Waals surface area contributed by atoms with Crippen molar-refractivity contribution in [2.24, 2.45) is 0 Å². The van der Waals surface area contributed by atoms with Crippen LogP contribution in [0, 0.1) is 6.92 Å². The van der Waals surface area contributed by atoms with Gasteiger partial charge in [0.2, 0.25) is 0 Å². The van der Waals surface area contributed by atoms with Gasteiger partial charge in [0.15, 0.2) is 18.9 Å². The first-order valence-electron chi connectivity index (χ1n) is 8.74. The minimum absolute atomic E-state index is 0.141. The normalized spacial score (nSPS) is 10.8. The molecule has 2 aromatic carbocycles. The van der Waals surface area contributed by atoms with Crippen molar-refractivity contribution < 1.29 is 14.1 Å². The molecular weight excluding hydrogens is 324 g/mol. The van der Waals surface area contributed by atoms with Crippen LogP contribution in [-0.2, 0) is 11.3 Å². The number of hydrogen-bond donors (Lipinski definition) is 0. The maximum absolute atomic E-state index is 12.3. The van der Waals surface area contributed by atoms with E-state index < -0.39 is 0 Å². The van der Waals surface area contributed by atoms with E-state index in [1.54, 1.807) is 6.20 Å². The van der Waals surface area contributed by atoms with Gasteiger partial charge in [0.1, 0.15) is 5.69 Å². The van der Waals surface area contributed by atoms with E-state index in [1.807, 2.05) is 55.1 Å². The zero-order valence-corrected chi connectivity index (χ0v) is 15.3. The van der Waals surface area contributed by atoms with Crippen molar-refractivity contribution in [1.82, 2.24) is 4.98 Å². The SMILES string of the molecule is Cc1ccc(-c2c[n+](Cc3ccccc3C(=O)OC(C)C)ccn2)cc1. The Bertz CT molecular complexity index is 902. The molecule has 0 aliphatic rings. The Balaban J connectivity index is 1.87. The van der Waals surface area contributed by atoms with Crippen molar-refractivity contribution in [3.8, 4) is 11.3 Å². The van der Waals surface area contributed by atoms with E-state index in [4.69, 9.17) is 4.74 Å². The monoisotopic (exact) mass is 347 g/mol. The molecule has 0 amide bonds. The van der Waals surface area contributed by atoms with Crippen molar-refractivity contribution in [1.29, 1.82) is 0 Å². The summed E-state index contributed by atoms with van der Waals surface area (Å²) in [5.41, 5.74) is 4.70. The van der Waals surface area contributed by atoms with Crippen LogP contribution in [0.5, 0.6) is 0 Å². The van der Waals surface area contributed by atoms with Crippen LogP contribution < -0.4 is 4.57 Å². The zero-order valence-electron chi connectivity index (χ0n) is 15.3. The van der Waals surface area contributed by atoms with Crippen molar-refractivity contribution in [2.75, 3.05) is 0 Å². The molecule has 1 aromatic heterocycles. The number of carbonyl (C=O) groups excluding carboxylic acids is 1. The number of nitrogens with zero attached hydrogens (tertiary/aromatic N) is 2. The Hall–Kier alpha value is -3.01. The third-order valence-electron chi connectivity index (χ3n) is 4.04. The highest BCUT2D eigenvalue weighted by atomic mass is 16.5. The fourth-order valence-corrected chi connectivity index (χ4v) is 2.74. The first kappa shape index (κ1) is 17.8. The second-order valence-electron chi connectivity index (χ2n) is 6.59. The van der Waals surface area contributed by atoms with E-state index in [9.17, 15) is 4.79 Å². The van der Waals surface area contributed by atoms with E-state index in [0.29, 0.717) is 12.1 Å². The smallest absolute Gasteiger partial charge is 0.338 e. The van der Waals surface area contributed by atoms with Gasteiger partial charge in [-0.3, -0.25) is 0 Å². The van der Waals surface area contributed by atoms with Crippen molar-refractivity contribution in [3.63, 3.8) is 0 Å². The number of hydrogen-bond acceptors (Lipinski definition) is 3. The highest BCUT2D eigenvalue weighted by Crippen LogP contribution is 2.16. The Labute approximate surface area is 154 Å². The Morgan fingerprint density at radius 2 is 1.85 bits per heavy atom. The molecule has 0 saturated heterocycles. The molecule has 0 aliphatic heterocycles. The average molecular weight is 347 g/mol. The van der Waals surface area contributed by atoms with Gasteiger partial charge in [0.05, 0.1) is 17.9 Å². The zero-order chi connectivity index (χ0) is 18.5. The lowest BCUT2D eigenvalue weighted by atomic mass is 10.1. The highest BCUT2D eigenvalue weighted by Gasteiger charge is 2.17. The van der Waals surface area contributed by atoms with Crippen LogP contribution in [0.3, 0.4) is 0 Å². The molecule has 3 aromatic rings. The summed E-state index contributed by atoms with van der Waals surface area (Å²) in [4.78, 5) is 16.8. The molecule has 0 aliphatic carbocycles. The lowest BCUT2D eigenvalue weighted by molar-refractivity contribution is -0.688. The molecule has 0 spiro atoms. The Morgan fingerprint density at radius 3 is 2.58 bits per heavy atom. The fourth-order valence-electron chi connectivity index (χ4n) is 2.74. The van der Waals surface area contributed by atoms with Gasteiger partial charge in [-0.25, -0.2) is 9.78 Å². The van der Waals surface area contributed by atoms with Crippen LogP contribution >= 0.6 is 0 Å². The summed E-state index contributed by atoms with van der Waals surface area (Å²) >= 11 is 0. The number of esters is 1. The lowest BCUT2D eigenvalue weighted by Gasteiger charge is -2.10. The molecule has 4 nitrogen and oxygen atoms in total. The van der Waals surface area contributed by atoms with E-state index in [0.717, 1.165) is 16.8 Å². The third kappa shape index (κ3) is 4.33. The van der Waals surface area contributed by atoms with E-state index in [-0.39, 0.29) is 12.1 Å². The predicted octanol–water partition coefficient (Wildman–Crippen LogP) is 3.96. The minimum atomic E-state index is -0.288. The number of carbonyl (C=O) groups is 1. The van der Waals surface area contributed by atoms with E-state index in [2.05, 4.69) is 36.2 Å². The first-order chi connectivity index (χ1) is 12.5. The summed E-state index contributed by atoms with van der Waals surface area (Å²) < 4.78 is 7.39. The van der Waals surface area contributed by atoms with Crippen molar-refractivity contribution in [3.05, 3.63) is 83.8 Å². The van der Waals surface area contributed by atoms with Gasteiger partial charge in [-0.05, 0) is 26.8 Å². The summed E-state index contributed by atoms with van der Waals surface area (Å²) in [5, 5.41) is 0. The largest absolute Gasteiger partial charge is 0.459 e. The summed E-state index contributed by atoms with van der Waals surface area (Å²) in [5.74, 6) is -0.288. The van der Waals surface area contributed by atoms with Crippen LogP contribution in [0.25, 0.3) is 11.3 Å². The molecule has 0 N–H and O–H groups in total. The van der Waals surface area contributed by atoms with Gasteiger partial charge >= 0.3 is 5.97 Å². The molecule has 132 valence electrons. The number of ether oxygens (including phenoxy) is 1. The topological polar surface area (TPSA) is 43.1 Å². The molecule has 0 bridgehead atoms. The molecule has 0 unspecified atom stereocenters. The molecular formula is C22H23N2O2+. The van der Waals surface area contributed by atoms with Crippen LogP contribution in [0.15, 0.2) is 67.1 Å². The second kappa shape index (κ2) is 7.91. The molecule has 4 heteroatoms. The quantitative estimate of drug-likeness (QED) is 0.518. The van der Waals surface area contributed by atoms with Crippen molar-refractivity contribution in [2.45, 2.75) is 33.4 Å². The molecule has 0 saturated carbocycles. The average Bonchev–Trinajstić information content (AvgIpc) is 2.62. The standard InChI is InChI=1S/C22H23N2O2/c1-16(2)26-22(25)20-7-5-4-6-19(20)14-24-13-12-23-21(15-24)18-10-8-17(3)9-11-18/h4-13,15-16H,14H2,1-3H3/q+1. The first-order valence-corrected chi connectivity index (χ1v) is 8.74. The van der Waals surface area contributed by atoms with Crippen LogP contribution in [0.4, 0.5) is 0 Å². The number of benzene rings is 2. The van der Waals surface area contributed by atoms with Gasteiger partial charge in [-0.2, -0.15) is 4.57 Å². The lowest BCUT2D eigenvalue weighted by Crippen LogP contribution is -2.34. The molecule has 0 radical (unpaired) electrons. The molecule has 0 fully saturated rings. The minimum Gasteiger partial charge on any atom is -0.459 e. The number of rotatable bonds is 5. The Kier molecular flexibility index (Phi) is 5.42. The summed E-state index contributed by atoms with van der Waals surface area (Å²) in [7, 11) is 0. The van der Waals surface area contributed by atoms with Gasteiger partial charge < -0.3 is 4.74 Å². The molecule has 1 heterocycles. The maximum Gasteiger partial charge on any atom is 0.338 e. The summed E-state index contributed by atoms with van der Waals surface area (Å²) in [6.45, 7) is 6.35. The van der Waals surface area contributed by atoms with Gasteiger partial charge in [0, 0.05) is 11.1 Å². The Morgan fingerprint density at radius 1 is 1.12 bits per heavy atom. The van der Waals surface area contributed by atoms with Gasteiger partial charge in [0.25, 0.3) is 0 Å². The van der Waals surface area contributed by atoms with Gasteiger partial charge in [-0.15, -0.1) is 0 Å². The highest BCUT2D eigenvalue weighted by molar-refractivity contribution is 5.91. The predicted molar refractivity (Wildman–Crippen MR) is 101 cm³/mol. The van der Waals surface area contributed by atoms with Gasteiger partial charge in [-0.1, -0.05) is 48.0 Å². The second-order valence-corrected chi connectivity index (χ2v) is 6.59. The molecule has 3 rings (SSSR count). The fraction of sp³-hybridized carbons (Fsp3) is 0.227. The third-order valence-corrected chi connectivity index (χ3v) is 4.04.